The molecule has 13 amide bonds. The highest BCUT2D eigenvalue weighted by atomic mass is 31.2. The van der Waals surface area contributed by atoms with Crippen LogP contribution < -0.4 is 69.5 Å². The minimum Gasteiger partial charge on any atom is -0.481 e. The van der Waals surface area contributed by atoms with Crippen molar-refractivity contribution in [3.63, 3.8) is 0 Å². The van der Waals surface area contributed by atoms with Crippen LogP contribution in [0.5, 0.6) is 0 Å². The standard InChI is InChI=1S/C84H128N17O24P/c1-60-18-4-5-20-65(60)97-82(116)93-63-30-27-61(28-31-63)56-75(108)95-67(22-8-14-42-88-70(103)32-29-62-19-17-40-86-57-62)79(113)96-68(23-16-25-76(109)110)80(114)98-84(38-10-3-11-39-84)81(115)92-46-51-124-55-54-123-49-44-90-72(105)34-33-71(104)89-43-48-121-52-53-122-50-45-91-73(106)35-36-74(107)94-66(78(85)112)21-7-13-41-87-69(102)24-9-15-47-101-58-64(99-100-101)59-125-77(111)26-6-12-37-83(2,117)126(118,119)120/h4-5,17-20,27-28,30-31,40,57-58,66-68,117H,3,6-16,21-26,29,32-39,41-56,59H2,1-2H3,(H2,85,112)(H,87,102)(H,88,103)(H,89,104)(H,90,105)(H,91,106)(H,92,115)(H,94,107)(H,95,108)(H,96,113)(H,98,114)(H,109,110)(H2,93,97,116)(H2,118,119,120)/t66-,67-,68-,83?/m0/s1. The molecule has 4 atom stereocenters. The summed E-state index contributed by atoms with van der Waals surface area (Å²) in [4.78, 5) is 203. The van der Waals surface area contributed by atoms with E-state index in [0.29, 0.717) is 93.5 Å². The van der Waals surface area contributed by atoms with Gasteiger partial charge in [0.2, 0.25) is 65.0 Å². The first-order valence-electron chi connectivity index (χ1n) is 43.0. The maximum atomic E-state index is 14.4. The van der Waals surface area contributed by atoms with Crippen molar-refractivity contribution in [3.05, 3.63) is 102 Å². The Balaban J connectivity index is 0.873. The van der Waals surface area contributed by atoms with Gasteiger partial charge in [-0.15, -0.1) is 5.10 Å². The lowest BCUT2D eigenvalue weighted by Crippen LogP contribution is -2.63. The number of benzene rings is 2. The number of aryl methyl sites for hydroxylation is 3. The zero-order chi connectivity index (χ0) is 91.8. The molecule has 2 aromatic heterocycles. The number of primary amides is 1. The van der Waals surface area contributed by atoms with E-state index in [1.54, 1.807) is 65.7 Å². The number of nitrogens with zero attached hydrogens (tertiary/aromatic N) is 4. The van der Waals surface area contributed by atoms with Crippen molar-refractivity contribution in [2.75, 3.05) is 103 Å². The van der Waals surface area contributed by atoms with E-state index in [1.165, 1.54) is 0 Å². The van der Waals surface area contributed by atoms with Crippen molar-refractivity contribution in [2.24, 2.45) is 5.73 Å². The molecule has 42 heteroatoms. The number of rotatable bonds is 66. The lowest BCUT2D eigenvalue weighted by Gasteiger charge is -2.38. The van der Waals surface area contributed by atoms with Gasteiger partial charge in [0.05, 0.1) is 65.5 Å². The molecule has 18 N–H and O–H groups in total. The molecule has 1 unspecified atom stereocenters. The van der Waals surface area contributed by atoms with Crippen LogP contribution in [-0.4, -0.2) is 244 Å². The van der Waals surface area contributed by atoms with E-state index >= 15 is 0 Å². The van der Waals surface area contributed by atoms with Crippen LogP contribution in [0.4, 0.5) is 16.2 Å². The Morgan fingerprint density at radius 3 is 1.66 bits per heavy atom. The first-order valence-corrected chi connectivity index (χ1v) is 44.6. The van der Waals surface area contributed by atoms with Crippen LogP contribution in [-0.2, 0) is 117 Å². The molecule has 41 nitrogen and oxygen atoms in total. The molecule has 698 valence electrons. The number of ether oxygens (including phenoxy) is 5. The van der Waals surface area contributed by atoms with E-state index in [-0.39, 0.29) is 231 Å². The van der Waals surface area contributed by atoms with Gasteiger partial charge in [-0.2, -0.15) is 0 Å². The molecule has 1 aliphatic carbocycles. The number of unbranched alkanes of at least 4 members (excludes halogenated alkanes) is 4. The van der Waals surface area contributed by atoms with E-state index in [1.807, 2.05) is 25.1 Å². The maximum Gasteiger partial charge on any atom is 0.356 e. The van der Waals surface area contributed by atoms with Crippen LogP contribution in [0.25, 0.3) is 0 Å². The number of aromatic nitrogens is 4. The number of para-hydroxylation sites is 1. The molecule has 0 saturated heterocycles. The number of nitrogens with one attached hydrogen (secondary N) is 12. The second kappa shape index (κ2) is 59.9. The largest absolute Gasteiger partial charge is 0.481 e. The van der Waals surface area contributed by atoms with E-state index in [0.717, 1.165) is 24.5 Å². The monoisotopic (exact) mass is 1790 g/mol. The molecule has 126 heavy (non-hydrogen) atoms. The van der Waals surface area contributed by atoms with E-state index in [2.05, 4.69) is 79.1 Å². The maximum absolute atomic E-state index is 14.4. The minimum absolute atomic E-state index is 0.00589. The molecule has 1 aliphatic rings. The van der Waals surface area contributed by atoms with Crippen molar-refractivity contribution in [3.8, 4) is 0 Å². The van der Waals surface area contributed by atoms with Gasteiger partial charge in [0.25, 0.3) is 0 Å². The van der Waals surface area contributed by atoms with Crippen molar-refractivity contribution in [1.82, 2.24) is 73.1 Å². The van der Waals surface area contributed by atoms with E-state index in [4.69, 9.17) is 29.4 Å². The molecule has 0 spiro atoms. The summed E-state index contributed by atoms with van der Waals surface area (Å²) in [6.45, 7) is 5.72. The Kier molecular flexibility index (Phi) is 50.2. The second-order valence-corrected chi connectivity index (χ2v) is 32.8. The number of amides is 13. The molecule has 4 aromatic rings. The molecule has 2 aromatic carbocycles. The van der Waals surface area contributed by atoms with Gasteiger partial charge in [-0.25, -0.2) is 4.79 Å². The quantitative estimate of drug-likeness (QED) is 0.0172. The first kappa shape index (κ1) is 106. The fraction of sp³-hybridized carbons (Fsp3) is 0.607. The molecular weight excluding hydrogens is 1660 g/mol. The van der Waals surface area contributed by atoms with Crippen LogP contribution in [0.2, 0.25) is 0 Å². The topological polar surface area (TPSA) is 597 Å². The summed E-state index contributed by atoms with van der Waals surface area (Å²) in [5, 5.41) is 58.4. The number of carbonyl (C=O) groups is 14. The van der Waals surface area contributed by atoms with Gasteiger partial charge in [0.1, 0.15) is 36.0 Å². The molecular formula is C84H128N17O24P. The number of esters is 1. The number of carboxylic acids is 1. The predicted octanol–water partition coefficient (Wildman–Crippen LogP) is 2.84. The lowest BCUT2D eigenvalue weighted by atomic mass is 9.80. The van der Waals surface area contributed by atoms with Gasteiger partial charge in [-0.05, 0) is 158 Å². The van der Waals surface area contributed by atoms with Gasteiger partial charge in [0, 0.05) is 121 Å². The third-order valence-corrected chi connectivity index (χ3v) is 21.7. The fourth-order valence-electron chi connectivity index (χ4n) is 13.0. The Bertz CT molecular complexity index is 4110. The highest BCUT2D eigenvalue weighted by Crippen LogP contribution is 2.51. The number of pyridine rings is 1. The summed E-state index contributed by atoms with van der Waals surface area (Å²) < 4.78 is 40.3. The summed E-state index contributed by atoms with van der Waals surface area (Å²) in [6.07, 6.45) is 11.0. The van der Waals surface area contributed by atoms with Crippen molar-refractivity contribution < 1.29 is 115 Å². The predicted molar refractivity (Wildman–Crippen MR) is 459 cm³/mol. The number of anilines is 2. The normalized spacial score (nSPS) is 13.5. The summed E-state index contributed by atoms with van der Waals surface area (Å²) in [7, 11) is -4.69. The number of aliphatic hydroxyl groups is 1. The average molecular weight is 1790 g/mol. The number of hydrogen-bond donors (Lipinski definition) is 17. The number of carbonyl (C=O) groups excluding carboxylic acids is 13. The molecule has 2 heterocycles. The molecule has 0 bridgehead atoms. The van der Waals surface area contributed by atoms with Crippen LogP contribution in [0.3, 0.4) is 0 Å². The summed E-state index contributed by atoms with van der Waals surface area (Å²) in [6, 6.07) is 13.6. The van der Waals surface area contributed by atoms with Crippen LogP contribution >= 0.6 is 7.60 Å². The number of nitrogens with two attached hydrogens (primary N) is 1. The molecule has 1 fully saturated rings. The molecule has 0 radical (unpaired) electrons. The van der Waals surface area contributed by atoms with Gasteiger partial charge in [-0.3, -0.25) is 76.6 Å². The van der Waals surface area contributed by atoms with Gasteiger partial charge in [-0.1, -0.05) is 60.9 Å². The van der Waals surface area contributed by atoms with Crippen molar-refractivity contribution in [1.29, 1.82) is 0 Å². The number of carboxylic acid groups (broad SMARTS) is 1. The van der Waals surface area contributed by atoms with Gasteiger partial charge in [0.15, 0.2) is 5.34 Å². The fourth-order valence-corrected chi connectivity index (χ4v) is 13.4. The highest BCUT2D eigenvalue weighted by Gasteiger charge is 2.43. The Morgan fingerprint density at radius 2 is 1.08 bits per heavy atom. The van der Waals surface area contributed by atoms with Crippen LogP contribution in [0, 0.1) is 6.92 Å². The van der Waals surface area contributed by atoms with Crippen LogP contribution in [0.15, 0.2) is 79.3 Å². The number of hydrogen-bond acceptors (Lipinski definition) is 24. The first-order chi connectivity index (χ1) is 60.4. The third-order valence-electron chi connectivity index (χ3n) is 20.2. The Labute approximate surface area is 733 Å². The van der Waals surface area contributed by atoms with Crippen LogP contribution in [0.1, 0.15) is 196 Å². The summed E-state index contributed by atoms with van der Waals surface area (Å²) in [5.74, 6) is -6.80. The summed E-state index contributed by atoms with van der Waals surface area (Å²) in [5.41, 5.74) is 8.02. The zero-order valence-electron chi connectivity index (χ0n) is 72.1. The minimum atomic E-state index is -4.69. The zero-order valence-corrected chi connectivity index (χ0v) is 73.0. The van der Waals surface area contributed by atoms with Crippen molar-refractivity contribution in [2.45, 2.75) is 236 Å². The molecule has 5 rings (SSSR count). The SMILES string of the molecule is Cc1ccccc1NC(=O)Nc1ccc(CC(=O)N[C@@H](CCCCNC(=O)CCc2cccnc2)C(=O)N[C@@H](CCCC(=O)O)C(=O)NC2(C(=O)NCCOCCOCCNC(=O)CCC(=O)NCCOCCOCCNC(=O)CCC(=O)N[C@@H](CCCCNC(=O)CCCCn3cc(COC(=O)CCCCC(C)(O)P(=O)(O)O)nn3)C(N)=O)CCCCC2)cc1. The Morgan fingerprint density at radius 1 is 0.540 bits per heavy atom. The molecule has 0 aliphatic heterocycles. The number of urea groups is 1. The Hall–Kier alpha value is -10.9. The third kappa shape index (κ3) is 45.8. The average Bonchev–Trinajstić information content (AvgIpc) is 0.900. The van der Waals surface area contributed by atoms with E-state index < -0.39 is 95.9 Å². The van der Waals surface area contributed by atoms with Crippen molar-refractivity contribution >= 4 is 102 Å². The smallest absolute Gasteiger partial charge is 0.356 e. The highest BCUT2D eigenvalue weighted by molar-refractivity contribution is 7.53. The molecule has 1 saturated carbocycles. The number of aliphatic carboxylic acids is 1. The second-order valence-electron chi connectivity index (χ2n) is 30.8. The van der Waals surface area contributed by atoms with Gasteiger partial charge < -0.3 is 113 Å². The summed E-state index contributed by atoms with van der Waals surface area (Å²) >= 11 is 0. The lowest BCUT2D eigenvalue weighted by molar-refractivity contribution is -0.145. The van der Waals surface area contributed by atoms with E-state index in [9.17, 15) is 91.7 Å². The van der Waals surface area contributed by atoms with Gasteiger partial charge >= 0.3 is 25.6 Å².